The van der Waals surface area contributed by atoms with Crippen molar-refractivity contribution in [1.29, 1.82) is 0 Å². The molecule has 0 spiro atoms. The van der Waals surface area contributed by atoms with Gasteiger partial charge in [0, 0.05) is 12.1 Å². The van der Waals surface area contributed by atoms with Crippen molar-refractivity contribution in [3.8, 4) is 5.75 Å². The van der Waals surface area contributed by atoms with Gasteiger partial charge in [-0.2, -0.15) is 0 Å². The first-order valence-corrected chi connectivity index (χ1v) is 7.10. The Morgan fingerprint density at radius 2 is 1.86 bits per heavy atom. The van der Waals surface area contributed by atoms with Crippen molar-refractivity contribution in [1.82, 2.24) is 10.6 Å². The van der Waals surface area contributed by atoms with Crippen LogP contribution in [-0.4, -0.2) is 36.2 Å². The smallest absolute Gasteiger partial charge is 0.237 e. The van der Waals surface area contributed by atoms with Gasteiger partial charge in [-0.05, 0) is 45.4 Å². The first-order valence-electron chi connectivity index (χ1n) is 7.10. The standard InChI is InChI=1S/C16H26N2O3/c1-11(15(20)18-16(2,3)4)17-10-14(19)12-6-8-13(21-5)9-7-12/h6-9,11,14,17,19H,10H2,1-5H3,(H,18,20). The Kier molecular flexibility index (Phi) is 6.18. The highest BCUT2D eigenvalue weighted by atomic mass is 16.5. The molecule has 0 saturated heterocycles. The Morgan fingerprint density at radius 1 is 1.29 bits per heavy atom. The summed E-state index contributed by atoms with van der Waals surface area (Å²) in [6.45, 7) is 7.89. The molecule has 5 heteroatoms. The average Bonchev–Trinajstić information content (AvgIpc) is 2.42. The number of aliphatic hydroxyl groups excluding tert-OH is 1. The van der Waals surface area contributed by atoms with Gasteiger partial charge in [0.05, 0.1) is 19.3 Å². The Labute approximate surface area is 126 Å². The van der Waals surface area contributed by atoms with Crippen LogP contribution in [0.5, 0.6) is 5.75 Å². The third-order valence-corrected chi connectivity index (χ3v) is 3.01. The number of ether oxygens (including phenoxy) is 1. The van der Waals surface area contributed by atoms with Crippen molar-refractivity contribution >= 4 is 5.91 Å². The lowest BCUT2D eigenvalue weighted by molar-refractivity contribution is -0.124. The first-order chi connectivity index (χ1) is 9.73. The SMILES string of the molecule is COc1ccc(C(O)CNC(C)C(=O)NC(C)(C)C)cc1. The zero-order valence-corrected chi connectivity index (χ0v) is 13.4. The number of rotatable bonds is 6. The van der Waals surface area contributed by atoms with Crippen molar-refractivity contribution in [3.63, 3.8) is 0 Å². The highest BCUT2D eigenvalue weighted by Crippen LogP contribution is 2.17. The summed E-state index contributed by atoms with van der Waals surface area (Å²) in [5.74, 6) is 0.668. The number of hydrogen-bond acceptors (Lipinski definition) is 4. The quantitative estimate of drug-likeness (QED) is 0.745. The molecule has 0 saturated carbocycles. The normalized spacial score (nSPS) is 14.4. The number of amides is 1. The molecule has 5 nitrogen and oxygen atoms in total. The number of nitrogens with one attached hydrogen (secondary N) is 2. The monoisotopic (exact) mass is 294 g/mol. The van der Waals surface area contributed by atoms with Gasteiger partial charge in [0.2, 0.25) is 5.91 Å². The molecule has 0 aliphatic rings. The number of hydrogen-bond donors (Lipinski definition) is 3. The lowest BCUT2D eigenvalue weighted by Gasteiger charge is -2.24. The van der Waals surface area contributed by atoms with Gasteiger partial charge >= 0.3 is 0 Å². The molecular weight excluding hydrogens is 268 g/mol. The summed E-state index contributed by atoms with van der Waals surface area (Å²) < 4.78 is 5.07. The van der Waals surface area contributed by atoms with E-state index >= 15 is 0 Å². The van der Waals surface area contributed by atoms with Crippen LogP contribution >= 0.6 is 0 Å². The van der Waals surface area contributed by atoms with Crippen LogP contribution in [0.1, 0.15) is 39.4 Å². The lowest BCUT2D eigenvalue weighted by Crippen LogP contribution is -2.50. The van der Waals surface area contributed by atoms with E-state index in [-0.39, 0.29) is 17.5 Å². The molecule has 0 aromatic heterocycles. The van der Waals surface area contributed by atoms with E-state index in [2.05, 4.69) is 10.6 Å². The zero-order valence-electron chi connectivity index (χ0n) is 13.4. The molecule has 2 atom stereocenters. The third-order valence-electron chi connectivity index (χ3n) is 3.01. The summed E-state index contributed by atoms with van der Waals surface area (Å²) in [5.41, 5.74) is 0.522. The van der Waals surface area contributed by atoms with Crippen LogP contribution in [0.2, 0.25) is 0 Å². The van der Waals surface area contributed by atoms with Crippen molar-refractivity contribution in [2.24, 2.45) is 0 Å². The molecule has 0 bridgehead atoms. The molecule has 0 aliphatic carbocycles. The van der Waals surface area contributed by atoms with E-state index in [9.17, 15) is 9.90 Å². The molecule has 1 rings (SSSR count). The van der Waals surface area contributed by atoms with E-state index < -0.39 is 6.10 Å². The fourth-order valence-corrected chi connectivity index (χ4v) is 1.80. The topological polar surface area (TPSA) is 70.6 Å². The van der Waals surface area contributed by atoms with Crippen LogP contribution in [0.25, 0.3) is 0 Å². The summed E-state index contributed by atoms with van der Waals surface area (Å²) in [6.07, 6.45) is -0.666. The second kappa shape index (κ2) is 7.43. The van der Waals surface area contributed by atoms with Gasteiger partial charge in [0.25, 0.3) is 0 Å². The second-order valence-corrected chi connectivity index (χ2v) is 6.16. The second-order valence-electron chi connectivity index (χ2n) is 6.16. The van der Waals surface area contributed by atoms with E-state index in [4.69, 9.17) is 4.74 Å². The van der Waals surface area contributed by atoms with E-state index in [0.717, 1.165) is 11.3 Å². The predicted molar refractivity (Wildman–Crippen MR) is 83.3 cm³/mol. The molecular formula is C16H26N2O3. The van der Waals surface area contributed by atoms with Gasteiger partial charge in [0.1, 0.15) is 5.75 Å². The van der Waals surface area contributed by atoms with Gasteiger partial charge in [-0.15, -0.1) is 0 Å². The Bertz CT molecular complexity index is 452. The molecule has 0 heterocycles. The van der Waals surface area contributed by atoms with E-state index in [1.807, 2.05) is 32.9 Å². The van der Waals surface area contributed by atoms with Gasteiger partial charge in [0.15, 0.2) is 0 Å². The average molecular weight is 294 g/mol. The predicted octanol–water partition coefficient (Wildman–Crippen LogP) is 1.62. The number of benzene rings is 1. The Balaban J connectivity index is 2.47. The van der Waals surface area contributed by atoms with Crippen molar-refractivity contribution in [3.05, 3.63) is 29.8 Å². The molecule has 1 amide bonds. The van der Waals surface area contributed by atoms with Crippen LogP contribution in [-0.2, 0) is 4.79 Å². The van der Waals surface area contributed by atoms with Gasteiger partial charge in [-0.3, -0.25) is 4.79 Å². The summed E-state index contributed by atoms with van der Waals surface area (Å²) in [7, 11) is 1.60. The molecule has 1 aromatic rings. The molecule has 21 heavy (non-hydrogen) atoms. The van der Waals surface area contributed by atoms with Crippen LogP contribution in [0.3, 0.4) is 0 Å². The molecule has 118 valence electrons. The largest absolute Gasteiger partial charge is 0.497 e. The van der Waals surface area contributed by atoms with E-state index in [0.29, 0.717) is 6.54 Å². The molecule has 1 aromatic carbocycles. The van der Waals surface area contributed by atoms with Gasteiger partial charge < -0.3 is 20.5 Å². The number of carbonyl (C=O) groups is 1. The molecule has 0 aliphatic heterocycles. The van der Waals surface area contributed by atoms with Crippen molar-refractivity contribution in [2.45, 2.75) is 45.4 Å². The number of aliphatic hydroxyl groups is 1. The minimum absolute atomic E-state index is 0.0792. The number of methoxy groups -OCH3 is 1. The highest BCUT2D eigenvalue weighted by molar-refractivity contribution is 5.81. The highest BCUT2D eigenvalue weighted by Gasteiger charge is 2.19. The number of carbonyl (C=O) groups excluding carboxylic acids is 1. The minimum Gasteiger partial charge on any atom is -0.497 e. The zero-order chi connectivity index (χ0) is 16.0. The minimum atomic E-state index is -0.666. The fraction of sp³-hybridized carbons (Fsp3) is 0.562. The van der Waals surface area contributed by atoms with E-state index in [1.54, 1.807) is 26.2 Å². The first kappa shape index (κ1) is 17.5. The van der Waals surface area contributed by atoms with Gasteiger partial charge in [-0.1, -0.05) is 12.1 Å². The summed E-state index contributed by atoms with van der Waals surface area (Å²) in [4.78, 5) is 11.9. The fourth-order valence-electron chi connectivity index (χ4n) is 1.80. The van der Waals surface area contributed by atoms with Crippen molar-refractivity contribution in [2.75, 3.05) is 13.7 Å². The third kappa shape index (κ3) is 6.14. The maximum absolute atomic E-state index is 11.9. The van der Waals surface area contributed by atoms with Crippen LogP contribution in [0, 0.1) is 0 Å². The summed E-state index contributed by atoms with van der Waals surface area (Å²) in [5, 5.41) is 16.0. The maximum atomic E-state index is 11.9. The van der Waals surface area contributed by atoms with Crippen LogP contribution in [0.4, 0.5) is 0 Å². The van der Waals surface area contributed by atoms with Crippen molar-refractivity contribution < 1.29 is 14.6 Å². The summed E-state index contributed by atoms with van der Waals surface area (Å²) >= 11 is 0. The molecule has 3 N–H and O–H groups in total. The Hall–Kier alpha value is -1.59. The Morgan fingerprint density at radius 3 is 2.33 bits per heavy atom. The van der Waals surface area contributed by atoms with E-state index in [1.165, 1.54) is 0 Å². The van der Waals surface area contributed by atoms with Crippen LogP contribution in [0.15, 0.2) is 24.3 Å². The summed E-state index contributed by atoms with van der Waals surface area (Å²) in [6, 6.07) is 6.86. The molecule has 0 radical (unpaired) electrons. The lowest BCUT2D eigenvalue weighted by atomic mass is 10.1. The van der Waals surface area contributed by atoms with Crippen LogP contribution < -0.4 is 15.4 Å². The molecule has 2 unspecified atom stereocenters. The molecule has 0 fully saturated rings. The maximum Gasteiger partial charge on any atom is 0.237 e. The van der Waals surface area contributed by atoms with Gasteiger partial charge in [-0.25, -0.2) is 0 Å².